The molecule has 9 nitrogen and oxygen atoms in total. The van der Waals surface area contributed by atoms with Crippen molar-refractivity contribution in [1.82, 2.24) is 0 Å². The Bertz CT molecular complexity index is 547. The zero-order chi connectivity index (χ0) is 16.5. The fourth-order valence-electron chi connectivity index (χ4n) is 1.59. The van der Waals surface area contributed by atoms with Gasteiger partial charge in [-0.15, -0.1) is 10.1 Å². The second-order valence-electron chi connectivity index (χ2n) is 4.41. The summed E-state index contributed by atoms with van der Waals surface area (Å²) in [7, 11) is 0. The van der Waals surface area contributed by atoms with Gasteiger partial charge >= 0.3 is 11.9 Å². The Labute approximate surface area is 125 Å². The normalized spacial score (nSPS) is 11.5. The lowest BCUT2D eigenvalue weighted by molar-refractivity contribution is -0.757. The predicted molar refractivity (Wildman–Crippen MR) is 73.6 cm³/mol. The predicted octanol–water partition coefficient (Wildman–Crippen LogP) is 0.535. The lowest BCUT2D eigenvalue weighted by atomic mass is 10.1. The second-order valence-corrected chi connectivity index (χ2v) is 4.41. The van der Waals surface area contributed by atoms with Crippen molar-refractivity contribution in [3.05, 3.63) is 39.9 Å². The van der Waals surface area contributed by atoms with E-state index in [1.807, 2.05) is 0 Å². The van der Waals surface area contributed by atoms with E-state index in [0.717, 1.165) is 0 Å². The fraction of sp³-hybridized carbons (Fsp3) is 0.385. The molecule has 0 aliphatic carbocycles. The van der Waals surface area contributed by atoms with Gasteiger partial charge in [0.15, 0.2) is 0 Å². The van der Waals surface area contributed by atoms with Crippen LogP contribution in [0.5, 0.6) is 5.75 Å². The minimum atomic E-state index is -1.05. The van der Waals surface area contributed by atoms with E-state index in [-0.39, 0.29) is 31.6 Å². The van der Waals surface area contributed by atoms with E-state index in [1.165, 1.54) is 12.1 Å². The van der Waals surface area contributed by atoms with Crippen molar-refractivity contribution in [3.8, 4) is 5.75 Å². The molecule has 0 bridgehead atoms. The molecule has 1 unspecified atom stereocenters. The van der Waals surface area contributed by atoms with Gasteiger partial charge in [0.05, 0.1) is 0 Å². The third kappa shape index (κ3) is 6.66. The minimum absolute atomic E-state index is 0.0233. The van der Waals surface area contributed by atoms with Crippen LogP contribution >= 0.6 is 0 Å². The smallest absolute Gasteiger partial charge is 0.328 e. The summed E-state index contributed by atoms with van der Waals surface area (Å²) < 4.78 is 5.04. The lowest BCUT2D eigenvalue weighted by Crippen LogP contribution is -2.34. The molecule has 3 N–H and O–H groups in total. The summed E-state index contributed by atoms with van der Waals surface area (Å²) >= 11 is 0. The third-order valence-corrected chi connectivity index (χ3v) is 2.68. The first-order valence-electron chi connectivity index (χ1n) is 6.44. The van der Waals surface area contributed by atoms with Crippen LogP contribution in [-0.2, 0) is 20.8 Å². The number of carboxylic acid groups (broad SMARTS) is 1. The van der Waals surface area contributed by atoms with Crippen molar-refractivity contribution in [2.75, 3.05) is 6.61 Å². The van der Waals surface area contributed by atoms with Crippen LogP contribution in [0, 0.1) is 10.1 Å². The summed E-state index contributed by atoms with van der Waals surface area (Å²) in [4.78, 5) is 36.3. The van der Waals surface area contributed by atoms with E-state index in [9.17, 15) is 19.7 Å². The molecule has 0 heterocycles. The zero-order valence-electron chi connectivity index (χ0n) is 11.6. The Morgan fingerprint density at radius 2 is 2.14 bits per heavy atom. The Kier molecular flexibility index (Phi) is 6.77. The van der Waals surface area contributed by atoms with Gasteiger partial charge in [0.25, 0.3) is 5.09 Å². The van der Waals surface area contributed by atoms with Crippen LogP contribution in [0.25, 0.3) is 0 Å². The van der Waals surface area contributed by atoms with Gasteiger partial charge in [-0.2, -0.15) is 0 Å². The van der Waals surface area contributed by atoms with Gasteiger partial charge in [-0.1, -0.05) is 12.1 Å². The standard InChI is InChI=1S/C13H16N2O7/c14-11(4-5-12(16)17)13(18)22-10-3-1-2-9(8-10)6-7-21-15(19)20/h1-3,8,11H,4-7,14H2,(H,16,17). The number of benzene rings is 1. The number of nitrogens with zero attached hydrogens (tertiary/aromatic N) is 1. The third-order valence-electron chi connectivity index (χ3n) is 2.68. The van der Waals surface area contributed by atoms with Crippen LogP contribution in [0.1, 0.15) is 18.4 Å². The highest BCUT2D eigenvalue weighted by molar-refractivity contribution is 5.78. The van der Waals surface area contributed by atoms with E-state index in [0.29, 0.717) is 5.56 Å². The molecule has 0 amide bonds. The maximum atomic E-state index is 11.7. The molecular formula is C13H16N2O7. The van der Waals surface area contributed by atoms with Gasteiger partial charge in [-0.05, 0) is 30.5 Å². The van der Waals surface area contributed by atoms with Crippen LogP contribution < -0.4 is 10.5 Å². The Hall–Kier alpha value is -2.68. The van der Waals surface area contributed by atoms with Crippen LogP contribution in [0.15, 0.2) is 24.3 Å². The van der Waals surface area contributed by atoms with Gasteiger partial charge in [-0.3, -0.25) is 4.79 Å². The molecule has 1 aromatic carbocycles. The molecule has 0 radical (unpaired) electrons. The van der Waals surface area contributed by atoms with Gasteiger partial charge in [0.2, 0.25) is 0 Å². The number of hydrogen-bond acceptors (Lipinski definition) is 7. The number of nitrogens with two attached hydrogens (primary N) is 1. The number of ether oxygens (including phenoxy) is 1. The number of aliphatic carboxylic acids is 1. The molecule has 0 saturated carbocycles. The van der Waals surface area contributed by atoms with Gasteiger partial charge in [0.1, 0.15) is 18.4 Å². The molecule has 0 fully saturated rings. The van der Waals surface area contributed by atoms with Gasteiger partial charge < -0.3 is 20.4 Å². The molecule has 1 aromatic rings. The van der Waals surface area contributed by atoms with Crippen molar-refractivity contribution in [1.29, 1.82) is 0 Å². The van der Waals surface area contributed by atoms with Crippen molar-refractivity contribution in [2.45, 2.75) is 25.3 Å². The highest BCUT2D eigenvalue weighted by atomic mass is 16.9. The summed E-state index contributed by atoms with van der Waals surface area (Å²) in [6, 6.07) is 5.35. The molecule has 22 heavy (non-hydrogen) atoms. The number of carbonyl (C=O) groups excluding carboxylic acids is 1. The monoisotopic (exact) mass is 312 g/mol. The van der Waals surface area contributed by atoms with Gasteiger partial charge in [0, 0.05) is 6.42 Å². The first-order chi connectivity index (χ1) is 10.4. The lowest BCUT2D eigenvalue weighted by Gasteiger charge is -2.11. The average Bonchev–Trinajstić information content (AvgIpc) is 2.44. The van der Waals surface area contributed by atoms with E-state index >= 15 is 0 Å². The Balaban J connectivity index is 2.52. The fourth-order valence-corrected chi connectivity index (χ4v) is 1.59. The molecular weight excluding hydrogens is 296 g/mol. The summed E-state index contributed by atoms with van der Waals surface area (Å²) in [6.45, 7) is -0.109. The topological polar surface area (TPSA) is 142 Å². The molecule has 0 saturated heterocycles. The number of carboxylic acids is 1. The van der Waals surface area contributed by atoms with Crippen molar-refractivity contribution >= 4 is 11.9 Å². The first-order valence-corrected chi connectivity index (χ1v) is 6.44. The molecule has 9 heteroatoms. The SMILES string of the molecule is NC(CCC(=O)O)C(=O)Oc1cccc(CCO[N+](=O)[O-])c1. The number of hydrogen-bond donors (Lipinski definition) is 2. The highest BCUT2D eigenvalue weighted by Crippen LogP contribution is 2.15. The number of carbonyl (C=O) groups is 2. The molecule has 0 spiro atoms. The summed E-state index contributed by atoms with van der Waals surface area (Å²) in [5.74, 6) is -1.55. The maximum Gasteiger partial charge on any atom is 0.328 e. The van der Waals surface area contributed by atoms with E-state index in [4.69, 9.17) is 15.6 Å². The van der Waals surface area contributed by atoms with Crippen LogP contribution in [0.2, 0.25) is 0 Å². The molecule has 0 aliphatic heterocycles. The summed E-state index contributed by atoms with van der Waals surface area (Å²) in [6.07, 6.45) is 0.0243. The Morgan fingerprint density at radius 3 is 2.77 bits per heavy atom. The average molecular weight is 312 g/mol. The zero-order valence-corrected chi connectivity index (χ0v) is 11.6. The first kappa shape index (κ1) is 17.4. The number of rotatable bonds is 9. The molecule has 0 aliphatic rings. The van der Waals surface area contributed by atoms with Crippen LogP contribution in [0.4, 0.5) is 0 Å². The molecule has 1 rings (SSSR count). The number of esters is 1. The van der Waals surface area contributed by atoms with E-state index < -0.39 is 23.1 Å². The van der Waals surface area contributed by atoms with Crippen molar-refractivity contribution in [2.24, 2.45) is 5.73 Å². The highest BCUT2D eigenvalue weighted by Gasteiger charge is 2.17. The molecule has 0 aromatic heterocycles. The van der Waals surface area contributed by atoms with Gasteiger partial charge in [-0.25, -0.2) is 4.79 Å². The van der Waals surface area contributed by atoms with E-state index in [2.05, 4.69) is 4.84 Å². The summed E-state index contributed by atoms with van der Waals surface area (Å²) in [5.41, 5.74) is 6.22. The van der Waals surface area contributed by atoms with E-state index in [1.54, 1.807) is 12.1 Å². The van der Waals surface area contributed by atoms with Crippen LogP contribution in [0.3, 0.4) is 0 Å². The summed E-state index contributed by atoms with van der Waals surface area (Å²) in [5, 5.41) is 17.7. The molecule has 1 atom stereocenters. The van der Waals surface area contributed by atoms with Crippen molar-refractivity contribution < 1.29 is 29.4 Å². The molecule has 120 valence electrons. The maximum absolute atomic E-state index is 11.7. The van der Waals surface area contributed by atoms with Crippen LogP contribution in [-0.4, -0.2) is 34.8 Å². The quantitative estimate of drug-likeness (QED) is 0.291. The largest absolute Gasteiger partial charge is 0.481 e. The Morgan fingerprint density at radius 1 is 1.41 bits per heavy atom. The second kappa shape index (κ2) is 8.57. The minimum Gasteiger partial charge on any atom is -0.481 e. The van der Waals surface area contributed by atoms with Crippen molar-refractivity contribution in [3.63, 3.8) is 0 Å².